The highest BCUT2D eigenvalue weighted by Crippen LogP contribution is 2.22. The highest BCUT2D eigenvalue weighted by molar-refractivity contribution is 6.30. The third-order valence-electron chi connectivity index (χ3n) is 5.69. The van der Waals surface area contributed by atoms with Crippen LogP contribution in [0.2, 0.25) is 5.02 Å². The number of hydrogen-bond donors (Lipinski definition) is 1. The Morgan fingerprint density at radius 3 is 2.51 bits per heavy atom. The zero-order chi connectivity index (χ0) is 24.4. The minimum Gasteiger partial charge on any atom is -0.378 e. The van der Waals surface area contributed by atoms with Crippen LogP contribution in [0, 0.1) is 5.82 Å². The number of benzene rings is 3. The first-order chi connectivity index (χ1) is 17.0. The first kappa shape index (κ1) is 22.9. The Morgan fingerprint density at radius 2 is 1.71 bits per heavy atom. The number of ether oxygens (including phenoxy) is 1. The number of morpholine rings is 1. The van der Waals surface area contributed by atoms with E-state index in [2.05, 4.69) is 15.2 Å². The lowest BCUT2D eigenvalue weighted by Crippen LogP contribution is -2.36. The molecule has 1 N–H and O–H groups in total. The van der Waals surface area contributed by atoms with Crippen LogP contribution in [-0.4, -0.2) is 48.0 Å². The van der Waals surface area contributed by atoms with Crippen LogP contribution in [-0.2, 0) is 4.74 Å². The number of hydrogen-bond acceptors (Lipinski definition) is 6. The summed E-state index contributed by atoms with van der Waals surface area (Å²) in [7, 11) is 0. The Balaban J connectivity index is 1.37. The van der Waals surface area contributed by atoms with Gasteiger partial charge in [-0.3, -0.25) is 14.6 Å². The number of nitrogens with one attached hydrogen (secondary N) is 1. The van der Waals surface area contributed by atoms with E-state index in [4.69, 9.17) is 21.3 Å². The Morgan fingerprint density at radius 1 is 0.943 bits per heavy atom. The third-order valence-corrected chi connectivity index (χ3v) is 6.00. The Hall–Kier alpha value is -3.88. The van der Waals surface area contributed by atoms with Gasteiger partial charge < -0.3 is 15.0 Å². The number of amides is 1. The predicted molar refractivity (Wildman–Crippen MR) is 132 cm³/mol. The SMILES string of the molecule is O=C(Nc1cccc(C(=O)c2ccc3ncc(N4CCOCC4)nc3c2)c1)c1ccc(Cl)c(F)c1. The van der Waals surface area contributed by atoms with Crippen molar-refractivity contribution in [1.82, 2.24) is 9.97 Å². The van der Waals surface area contributed by atoms with Gasteiger partial charge in [-0.1, -0.05) is 23.7 Å². The predicted octanol–water partition coefficient (Wildman–Crippen LogP) is 4.74. The molecule has 0 spiro atoms. The van der Waals surface area contributed by atoms with Crippen molar-refractivity contribution < 1.29 is 18.7 Å². The molecule has 1 aliphatic heterocycles. The van der Waals surface area contributed by atoms with E-state index >= 15 is 0 Å². The molecule has 9 heteroatoms. The summed E-state index contributed by atoms with van der Waals surface area (Å²) in [6.07, 6.45) is 1.73. The van der Waals surface area contributed by atoms with Crippen molar-refractivity contribution in [1.29, 1.82) is 0 Å². The minimum absolute atomic E-state index is 0.0636. The molecule has 0 bridgehead atoms. The molecule has 176 valence electrons. The number of ketones is 1. The molecule has 4 aromatic rings. The van der Waals surface area contributed by atoms with E-state index in [9.17, 15) is 14.0 Å². The van der Waals surface area contributed by atoms with Gasteiger partial charge >= 0.3 is 0 Å². The van der Waals surface area contributed by atoms with E-state index in [0.717, 1.165) is 25.0 Å². The normalized spacial score (nSPS) is 13.6. The molecule has 0 atom stereocenters. The average Bonchev–Trinajstić information content (AvgIpc) is 2.89. The van der Waals surface area contributed by atoms with Crippen LogP contribution in [0.5, 0.6) is 0 Å². The number of aromatic nitrogens is 2. The van der Waals surface area contributed by atoms with Gasteiger partial charge in [0.2, 0.25) is 0 Å². The maximum absolute atomic E-state index is 13.7. The lowest BCUT2D eigenvalue weighted by atomic mass is 10.0. The number of carbonyl (C=O) groups is 2. The molecule has 0 unspecified atom stereocenters. The topological polar surface area (TPSA) is 84.4 Å². The number of nitrogens with zero attached hydrogens (tertiary/aromatic N) is 3. The summed E-state index contributed by atoms with van der Waals surface area (Å²) in [5.41, 5.74) is 2.68. The first-order valence-corrected chi connectivity index (χ1v) is 11.4. The van der Waals surface area contributed by atoms with Gasteiger partial charge in [0.25, 0.3) is 5.91 Å². The van der Waals surface area contributed by atoms with E-state index in [0.29, 0.717) is 41.1 Å². The molecule has 0 radical (unpaired) electrons. The Kier molecular flexibility index (Phi) is 6.39. The summed E-state index contributed by atoms with van der Waals surface area (Å²) in [4.78, 5) is 37.0. The zero-order valence-corrected chi connectivity index (χ0v) is 19.3. The Bertz CT molecular complexity index is 1440. The van der Waals surface area contributed by atoms with Crippen molar-refractivity contribution >= 4 is 45.8 Å². The van der Waals surface area contributed by atoms with Crippen molar-refractivity contribution in [2.75, 3.05) is 36.5 Å². The average molecular weight is 491 g/mol. The van der Waals surface area contributed by atoms with Crippen LogP contribution >= 0.6 is 11.6 Å². The van der Waals surface area contributed by atoms with Gasteiger partial charge in [-0.15, -0.1) is 0 Å². The van der Waals surface area contributed by atoms with Gasteiger partial charge in [0.1, 0.15) is 11.6 Å². The van der Waals surface area contributed by atoms with Gasteiger partial charge in [-0.05, 0) is 48.5 Å². The van der Waals surface area contributed by atoms with Gasteiger partial charge in [0.15, 0.2) is 5.78 Å². The molecule has 7 nitrogen and oxygen atoms in total. The van der Waals surface area contributed by atoms with Crippen molar-refractivity contribution in [3.05, 3.63) is 94.4 Å². The van der Waals surface area contributed by atoms with Gasteiger partial charge in [0.05, 0.1) is 35.5 Å². The number of fused-ring (bicyclic) bond motifs is 1. The Labute approximate surface area is 205 Å². The fourth-order valence-corrected chi connectivity index (χ4v) is 3.95. The van der Waals surface area contributed by atoms with Gasteiger partial charge in [-0.2, -0.15) is 0 Å². The quantitative estimate of drug-likeness (QED) is 0.407. The number of halogens is 2. The molecule has 2 heterocycles. The zero-order valence-electron chi connectivity index (χ0n) is 18.5. The molecule has 5 rings (SSSR count). The van der Waals surface area contributed by atoms with Crippen molar-refractivity contribution in [2.24, 2.45) is 0 Å². The van der Waals surface area contributed by atoms with Crippen LogP contribution in [0.1, 0.15) is 26.3 Å². The summed E-state index contributed by atoms with van der Waals surface area (Å²) in [6.45, 7) is 2.75. The first-order valence-electron chi connectivity index (χ1n) is 11.0. The van der Waals surface area contributed by atoms with Crippen LogP contribution in [0.25, 0.3) is 11.0 Å². The molecule has 35 heavy (non-hydrogen) atoms. The van der Waals surface area contributed by atoms with Crippen LogP contribution in [0.4, 0.5) is 15.9 Å². The highest BCUT2D eigenvalue weighted by atomic mass is 35.5. The molecular weight excluding hydrogens is 471 g/mol. The van der Waals surface area contributed by atoms with Crippen LogP contribution in [0.3, 0.4) is 0 Å². The summed E-state index contributed by atoms with van der Waals surface area (Å²) in [5.74, 6) is -0.672. The van der Waals surface area contributed by atoms with E-state index in [-0.39, 0.29) is 16.4 Å². The van der Waals surface area contributed by atoms with E-state index < -0.39 is 11.7 Å². The maximum atomic E-state index is 13.7. The lowest BCUT2D eigenvalue weighted by Gasteiger charge is -2.27. The van der Waals surface area contributed by atoms with Crippen molar-refractivity contribution in [3.63, 3.8) is 0 Å². The molecule has 3 aromatic carbocycles. The fourth-order valence-electron chi connectivity index (χ4n) is 3.83. The largest absolute Gasteiger partial charge is 0.378 e. The molecule has 1 aromatic heterocycles. The molecule has 0 saturated carbocycles. The second-order valence-corrected chi connectivity index (χ2v) is 8.43. The molecule has 1 amide bonds. The molecular formula is C26H20ClFN4O3. The molecule has 1 aliphatic rings. The van der Waals surface area contributed by atoms with E-state index in [1.807, 2.05) is 0 Å². The number of anilines is 2. The summed E-state index contributed by atoms with van der Waals surface area (Å²) in [6, 6.07) is 15.6. The molecule has 1 fully saturated rings. The second-order valence-electron chi connectivity index (χ2n) is 8.02. The smallest absolute Gasteiger partial charge is 0.255 e. The molecule has 1 saturated heterocycles. The monoisotopic (exact) mass is 490 g/mol. The van der Waals surface area contributed by atoms with Gasteiger partial charge in [-0.25, -0.2) is 9.37 Å². The number of rotatable bonds is 5. The maximum Gasteiger partial charge on any atom is 0.255 e. The van der Waals surface area contributed by atoms with Crippen LogP contribution < -0.4 is 10.2 Å². The fraction of sp³-hybridized carbons (Fsp3) is 0.154. The minimum atomic E-state index is -0.681. The number of carbonyl (C=O) groups excluding carboxylic acids is 2. The van der Waals surface area contributed by atoms with Gasteiger partial charge in [0, 0.05) is 35.5 Å². The summed E-state index contributed by atoms with van der Waals surface area (Å²) in [5, 5.41) is 2.62. The second kappa shape index (κ2) is 9.77. The third kappa shape index (κ3) is 4.99. The van der Waals surface area contributed by atoms with E-state index in [1.54, 1.807) is 48.7 Å². The van der Waals surface area contributed by atoms with Crippen LogP contribution in [0.15, 0.2) is 66.9 Å². The molecule has 0 aliphatic carbocycles. The van der Waals surface area contributed by atoms with Crippen molar-refractivity contribution in [3.8, 4) is 0 Å². The van der Waals surface area contributed by atoms with Crippen molar-refractivity contribution in [2.45, 2.75) is 0 Å². The standard InChI is InChI=1S/C26H20ClFN4O3/c27-20-6-4-18(13-21(20)28)26(34)30-19-3-1-2-16(12-19)25(33)17-5-7-22-23(14-17)31-24(15-29-22)32-8-10-35-11-9-32/h1-7,12-15H,8-11H2,(H,30,34). The lowest BCUT2D eigenvalue weighted by molar-refractivity contribution is 0.102. The summed E-state index contributed by atoms with van der Waals surface area (Å²) >= 11 is 5.68. The highest BCUT2D eigenvalue weighted by Gasteiger charge is 2.16. The summed E-state index contributed by atoms with van der Waals surface area (Å²) < 4.78 is 19.1. The van der Waals surface area contributed by atoms with E-state index in [1.165, 1.54) is 12.1 Å².